The molecule has 26 heavy (non-hydrogen) atoms. The summed E-state index contributed by atoms with van der Waals surface area (Å²) in [7, 11) is 0. The first-order chi connectivity index (χ1) is 12.5. The van der Waals surface area contributed by atoms with Gasteiger partial charge in [0.1, 0.15) is 11.3 Å². The fourth-order valence-corrected chi connectivity index (χ4v) is 2.82. The van der Waals surface area contributed by atoms with E-state index >= 15 is 0 Å². The van der Waals surface area contributed by atoms with Crippen LogP contribution in [0.3, 0.4) is 0 Å². The first kappa shape index (κ1) is 17.7. The zero-order valence-corrected chi connectivity index (χ0v) is 14.6. The molecular formula is C21H20N2O3. The number of hydrogen-bond acceptors (Lipinski definition) is 4. The van der Waals surface area contributed by atoms with Gasteiger partial charge in [0.15, 0.2) is 12.4 Å². The lowest BCUT2D eigenvalue weighted by Gasteiger charge is -2.22. The van der Waals surface area contributed by atoms with Crippen molar-refractivity contribution in [3.63, 3.8) is 0 Å². The lowest BCUT2D eigenvalue weighted by molar-refractivity contribution is -0.124. The summed E-state index contributed by atoms with van der Waals surface area (Å²) < 4.78 is 5.47. The van der Waals surface area contributed by atoms with Crippen LogP contribution in [0.2, 0.25) is 0 Å². The predicted molar refractivity (Wildman–Crippen MR) is 96.7 cm³/mol. The second kappa shape index (κ2) is 7.40. The van der Waals surface area contributed by atoms with E-state index < -0.39 is 5.54 Å². The Hall–Kier alpha value is -3.13. The topological polar surface area (TPSA) is 79.2 Å². The Bertz CT molecular complexity index is 836. The molecule has 1 fully saturated rings. The summed E-state index contributed by atoms with van der Waals surface area (Å²) >= 11 is 0. The third-order valence-corrected chi connectivity index (χ3v) is 4.55. The lowest BCUT2D eigenvalue weighted by Crippen LogP contribution is -2.48. The van der Waals surface area contributed by atoms with Gasteiger partial charge < -0.3 is 10.1 Å². The summed E-state index contributed by atoms with van der Waals surface area (Å²) in [5.74, 6) is 0.323. The maximum atomic E-state index is 12.3. The van der Waals surface area contributed by atoms with Crippen molar-refractivity contribution in [3.05, 3.63) is 65.7 Å². The van der Waals surface area contributed by atoms with Crippen molar-refractivity contribution in [3.8, 4) is 11.8 Å². The molecule has 0 spiro atoms. The number of carbonyl (C=O) groups is 2. The molecule has 5 nitrogen and oxygen atoms in total. The maximum Gasteiger partial charge on any atom is 0.259 e. The minimum Gasteiger partial charge on any atom is -0.484 e. The van der Waals surface area contributed by atoms with E-state index in [0.717, 1.165) is 12.8 Å². The quantitative estimate of drug-likeness (QED) is 0.780. The van der Waals surface area contributed by atoms with Gasteiger partial charge in [-0.1, -0.05) is 30.3 Å². The second-order valence-electron chi connectivity index (χ2n) is 6.64. The highest BCUT2D eigenvalue weighted by molar-refractivity contribution is 6.08. The Morgan fingerprint density at radius 2 is 1.73 bits per heavy atom. The van der Waals surface area contributed by atoms with Gasteiger partial charge >= 0.3 is 0 Å². The van der Waals surface area contributed by atoms with Crippen LogP contribution in [0, 0.1) is 17.2 Å². The molecule has 0 heterocycles. The monoisotopic (exact) mass is 348 g/mol. The number of rotatable bonds is 7. The van der Waals surface area contributed by atoms with Gasteiger partial charge in [-0.25, -0.2) is 0 Å². The van der Waals surface area contributed by atoms with E-state index in [1.54, 1.807) is 43.3 Å². The molecular weight excluding hydrogens is 328 g/mol. The van der Waals surface area contributed by atoms with Crippen molar-refractivity contribution in [1.29, 1.82) is 5.26 Å². The first-order valence-corrected chi connectivity index (χ1v) is 8.57. The van der Waals surface area contributed by atoms with E-state index in [-0.39, 0.29) is 24.2 Å². The van der Waals surface area contributed by atoms with E-state index in [1.807, 2.05) is 18.2 Å². The van der Waals surface area contributed by atoms with Gasteiger partial charge in [0.25, 0.3) is 5.91 Å². The molecule has 0 saturated heterocycles. The minimum absolute atomic E-state index is 0.0656. The summed E-state index contributed by atoms with van der Waals surface area (Å²) in [6.45, 7) is 1.57. The molecule has 3 rings (SSSR count). The average Bonchev–Trinajstić information content (AvgIpc) is 3.53. The van der Waals surface area contributed by atoms with Crippen molar-refractivity contribution in [2.75, 3.05) is 6.61 Å². The molecule has 1 N–H and O–H groups in total. The van der Waals surface area contributed by atoms with Crippen LogP contribution < -0.4 is 10.1 Å². The van der Waals surface area contributed by atoms with Gasteiger partial charge in [-0.05, 0) is 49.9 Å². The molecule has 2 aromatic rings. The van der Waals surface area contributed by atoms with Gasteiger partial charge in [0, 0.05) is 11.1 Å². The number of nitriles is 1. The number of hydrogen-bond donors (Lipinski definition) is 1. The van der Waals surface area contributed by atoms with Crippen molar-refractivity contribution in [1.82, 2.24) is 5.32 Å². The normalized spacial score (nSPS) is 15.4. The average molecular weight is 348 g/mol. The number of benzene rings is 2. The molecule has 1 aliphatic carbocycles. The molecule has 0 radical (unpaired) electrons. The van der Waals surface area contributed by atoms with E-state index in [1.165, 1.54) is 0 Å². The minimum atomic E-state index is -0.827. The van der Waals surface area contributed by atoms with Gasteiger partial charge in [-0.2, -0.15) is 5.26 Å². The van der Waals surface area contributed by atoms with E-state index in [0.29, 0.717) is 16.9 Å². The lowest BCUT2D eigenvalue weighted by atomic mass is 9.98. The SMILES string of the molecule is CC(C#N)(NC(=O)COc1ccc(C(=O)c2ccccc2)cc1)C1CC1. The predicted octanol–water partition coefficient (Wildman–Crippen LogP) is 3.10. The zero-order chi connectivity index (χ0) is 18.6. The summed E-state index contributed by atoms with van der Waals surface area (Å²) in [4.78, 5) is 24.4. The molecule has 0 aliphatic heterocycles. The number of carbonyl (C=O) groups excluding carboxylic acids is 2. The Kier molecular flexibility index (Phi) is 5.04. The van der Waals surface area contributed by atoms with Gasteiger partial charge in [-0.15, -0.1) is 0 Å². The number of nitrogens with one attached hydrogen (secondary N) is 1. The van der Waals surface area contributed by atoms with Crippen LogP contribution in [0.25, 0.3) is 0 Å². The van der Waals surface area contributed by atoms with Crippen LogP contribution in [-0.2, 0) is 4.79 Å². The maximum absolute atomic E-state index is 12.3. The molecule has 1 atom stereocenters. The fourth-order valence-electron chi connectivity index (χ4n) is 2.82. The zero-order valence-electron chi connectivity index (χ0n) is 14.6. The van der Waals surface area contributed by atoms with Crippen LogP contribution in [-0.4, -0.2) is 23.8 Å². The summed E-state index contributed by atoms with van der Waals surface area (Å²) in [6, 6.07) is 17.9. The molecule has 1 saturated carbocycles. The Morgan fingerprint density at radius 3 is 2.31 bits per heavy atom. The van der Waals surface area contributed by atoms with Crippen LogP contribution in [0.1, 0.15) is 35.7 Å². The van der Waals surface area contributed by atoms with Crippen molar-refractivity contribution in [2.45, 2.75) is 25.3 Å². The Morgan fingerprint density at radius 1 is 1.12 bits per heavy atom. The summed E-state index contributed by atoms with van der Waals surface area (Å²) in [5.41, 5.74) is 0.349. The number of amides is 1. The highest BCUT2D eigenvalue weighted by Gasteiger charge is 2.43. The first-order valence-electron chi connectivity index (χ1n) is 8.57. The third kappa shape index (κ3) is 4.09. The standard InChI is InChI=1S/C21H20N2O3/c1-21(14-22,17-9-10-17)23-19(24)13-26-18-11-7-16(8-12-18)20(25)15-5-3-2-4-6-15/h2-8,11-12,17H,9-10,13H2,1H3,(H,23,24). The molecule has 5 heteroatoms. The van der Waals surface area contributed by atoms with E-state index in [9.17, 15) is 14.9 Å². The Balaban J connectivity index is 1.55. The summed E-state index contributed by atoms with van der Waals surface area (Å²) in [5, 5.41) is 12.0. The molecule has 1 amide bonds. The van der Waals surface area contributed by atoms with Crippen LogP contribution in [0.5, 0.6) is 5.75 Å². The van der Waals surface area contributed by atoms with E-state index in [2.05, 4.69) is 11.4 Å². The largest absolute Gasteiger partial charge is 0.484 e. The molecule has 132 valence electrons. The van der Waals surface area contributed by atoms with Crippen LogP contribution in [0.15, 0.2) is 54.6 Å². The van der Waals surface area contributed by atoms with E-state index in [4.69, 9.17) is 4.74 Å². The molecule has 1 unspecified atom stereocenters. The van der Waals surface area contributed by atoms with Crippen LogP contribution >= 0.6 is 0 Å². The van der Waals surface area contributed by atoms with Crippen molar-refractivity contribution < 1.29 is 14.3 Å². The Labute approximate surface area is 152 Å². The summed E-state index contributed by atoms with van der Waals surface area (Å²) in [6.07, 6.45) is 1.92. The second-order valence-corrected chi connectivity index (χ2v) is 6.64. The van der Waals surface area contributed by atoms with Gasteiger partial charge in [0.2, 0.25) is 0 Å². The van der Waals surface area contributed by atoms with Crippen molar-refractivity contribution >= 4 is 11.7 Å². The van der Waals surface area contributed by atoms with Crippen LogP contribution in [0.4, 0.5) is 0 Å². The van der Waals surface area contributed by atoms with Crippen molar-refractivity contribution in [2.24, 2.45) is 5.92 Å². The highest BCUT2D eigenvalue weighted by atomic mass is 16.5. The number of nitrogens with zero attached hydrogens (tertiary/aromatic N) is 1. The molecule has 1 aliphatic rings. The number of ether oxygens (including phenoxy) is 1. The number of ketones is 1. The molecule has 0 bridgehead atoms. The van der Waals surface area contributed by atoms with Gasteiger partial charge in [-0.3, -0.25) is 9.59 Å². The highest BCUT2D eigenvalue weighted by Crippen LogP contribution is 2.39. The fraction of sp³-hybridized carbons (Fsp3) is 0.286. The molecule has 0 aromatic heterocycles. The molecule has 2 aromatic carbocycles. The third-order valence-electron chi connectivity index (χ3n) is 4.55. The van der Waals surface area contributed by atoms with Gasteiger partial charge in [0.05, 0.1) is 6.07 Å². The smallest absolute Gasteiger partial charge is 0.259 e.